The molecule has 2 rings (SSSR count). The Balaban J connectivity index is 2.02. The van der Waals surface area contributed by atoms with Crippen molar-refractivity contribution in [2.75, 3.05) is 6.54 Å². The first kappa shape index (κ1) is 15.8. The van der Waals surface area contributed by atoms with Gasteiger partial charge in [-0.3, -0.25) is 4.79 Å². The number of amides is 1. The van der Waals surface area contributed by atoms with Crippen molar-refractivity contribution in [1.82, 2.24) is 4.90 Å². The third-order valence-corrected chi connectivity index (χ3v) is 4.12. The minimum absolute atomic E-state index is 0.000764. The van der Waals surface area contributed by atoms with Crippen molar-refractivity contribution in [2.45, 2.75) is 58.2 Å². The van der Waals surface area contributed by atoms with Gasteiger partial charge < -0.3 is 15.4 Å². The average Bonchev–Trinajstić information content (AvgIpc) is 2.48. The fourth-order valence-corrected chi connectivity index (χ4v) is 2.88. The number of carbonyl (C=O) groups is 1. The molecule has 4 heteroatoms. The Kier molecular flexibility index (Phi) is 5.23. The summed E-state index contributed by atoms with van der Waals surface area (Å²) in [6.07, 6.45) is 2.70. The normalized spacial score (nSPS) is 21.7. The maximum Gasteiger partial charge on any atom is 0.263 e. The van der Waals surface area contributed by atoms with Crippen LogP contribution in [0.4, 0.5) is 0 Å². The van der Waals surface area contributed by atoms with Crippen molar-refractivity contribution >= 4 is 5.91 Å². The van der Waals surface area contributed by atoms with Gasteiger partial charge in [0.25, 0.3) is 5.91 Å². The second-order valence-electron chi connectivity index (χ2n) is 6.03. The van der Waals surface area contributed by atoms with Crippen molar-refractivity contribution in [3.8, 4) is 5.75 Å². The largest absolute Gasteiger partial charge is 0.481 e. The Hall–Kier alpha value is -1.55. The van der Waals surface area contributed by atoms with E-state index in [-0.39, 0.29) is 18.0 Å². The summed E-state index contributed by atoms with van der Waals surface area (Å²) in [5, 5.41) is 0. The van der Waals surface area contributed by atoms with Crippen LogP contribution in [-0.2, 0) is 4.79 Å². The minimum atomic E-state index is -0.480. The number of nitrogens with two attached hydrogens (primary N) is 1. The van der Waals surface area contributed by atoms with Crippen LogP contribution < -0.4 is 10.5 Å². The van der Waals surface area contributed by atoms with E-state index in [0.29, 0.717) is 0 Å². The number of hydrogen-bond donors (Lipinski definition) is 1. The lowest BCUT2D eigenvalue weighted by molar-refractivity contribution is -0.142. The summed E-state index contributed by atoms with van der Waals surface area (Å²) in [7, 11) is 0. The van der Waals surface area contributed by atoms with Gasteiger partial charge in [0.2, 0.25) is 0 Å². The maximum atomic E-state index is 12.6. The zero-order valence-corrected chi connectivity index (χ0v) is 13.2. The van der Waals surface area contributed by atoms with Crippen LogP contribution in [0.5, 0.6) is 5.75 Å². The smallest absolute Gasteiger partial charge is 0.263 e. The first-order valence-corrected chi connectivity index (χ1v) is 7.78. The number of rotatable bonds is 4. The SMILES string of the molecule is Cc1ccc(OC(C)C(=O)N2CCCCC2C(C)N)cc1. The standard InChI is InChI=1S/C17H26N2O2/c1-12-7-9-15(10-8-12)21-14(3)17(20)19-11-5-4-6-16(19)13(2)18/h7-10,13-14,16H,4-6,11,18H2,1-3H3. The summed E-state index contributed by atoms with van der Waals surface area (Å²) in [5.41, 5.74) is 7.21. The van der Waals surface area contributed by atoms with E-state index >= 15 is 0 Å². The lowest BCUT2D eigenvalue weighted by Gasteiger charge is -2.39. The number of carbonyl (C=O) groups excluding carboxylic acids is 1. The summed E-state index contributed by atoms with van der Waals surface area (Å²) in [5.74, 6) is 0.772. The molecule has 0 bridgehead atoms. The molecule has 1 fully saturated rings. The molecule has 0 radical (unpaired) electrons. The fraction of sp³-hybridized carbons (Fsp3) is 0.588. The molecule has 1 saturated heterocycles. The predicted octanol–water partition coefficient (Wildman–Crippen LogP) is 2.49. The number of aryl methyl sites for hydroxylation is 1. The van der Waals surface area contributed by atoms with Crippen LogP contribution in [0.15, 0.2) is 24.3 Å². The monoisotopic (exact) mass is 290 g/mol. The van der Waals surface area contributed by atoms with Gasteiger partial charge in [-0.1, -0.05) is 17.7 Å². The molecule has 0 spiro atoms. The Labute approximate surface area is 127 Å². The second-order valence-corrected chi connectivity index (χ2v) is 6.03. The molecule has 1 aliphatic rings. The van der Waals surface area contributed by atoms with Gasteiger partial charge in [0.15, 0.2) is 6.10 Å². The van der Waals surface area contributed by atoms with Gasteiger partial charge >= 0.3 is 0 Å². The molecule has 3 atom stereocenters. The molecule has 1 aromatic carbocycles. The van der Waals surface area contributed by atoms with Gasteiger partial charge in [0.1, 0.15) is 5.75 Å². The van der Waals surface area contributed by atoms with Crippen molar-refractivity contribution in [3.63, 3.8) is 0 Å². The summed E-state index contributed by atoms with van der Waals surface area (Å²) < 4.78 is 5.78. The number of benzene rings is 1. The molecule has 0 aromatic heterocycles. The van der Waals surface area contributed by atoms with Crippen LogP contribution in [0, 0.1) is 6.92 Å². The molecular weight excluding hydrogens is 264 g/mol. The van der Waals surface area contributed by atoms with Gasteiger partial charge in [0.05, 0.1) is 0 Å². The molecule has 3 unspecified atom stereocenters. The quantitative estimate of drug-likeness (QED) is 0.927. The van der Waals surface area contributed by atoms with E-state index in [9.17, 15) is 4.79 Å². The third-order valence-electron chi connectivity index (χ3n) is 4.12. The fourth-order valence-electron chi connectivity index (χ4n) is 2.88. The molecule has 1 aliphatic heterocycles. The van der Waals surface area contributed by atoms with Gasteiger partial charge in [0, 0.05) is 18.6 Å². The number of hydrogen-bond acceptors (Lipinski definition) is 3. The molecule has 1 amide bonds. The third kappa shape index (κ3) is 3.97. The highest BCUT2D eigenvalue weighted by molar-refractivity contribution is 5.81. The lowest BCUT2D eigenvalue weighted by atomic mass is 9.96. The van der Waals surface area contributed by atoms with Crippen molar-refractivity contribution < 1.29 is 9.53 Å². The van der Waals surface area contributed by atoms with Gasteiger partial charge in [-0.15, -0.1) is 0 Å². The van der Waals surface area contributed by atoms with Gasteiger partial charge in [-0.25, -0.2) is 0 Å². The van der Waals surface area contributed by atoms with E-state index in [4.69, 9.17) is 10.5 Å². The van der Waals surface area contributed by atoms with E-state index in [1.165, 1.54) is 5.56 Å². The van der Waals surface area contributed by atoms with Crippen LogP contribution in [0.25, 0.3) is 0 Å². The van der Waals surface area contributed by atoms with Crippen LogP contribution in [0.1, 0.15) is 38.7 Å². The summed E-state index contributed by atoms with van der Waals surface area (Å²) in [4.78, 5) is 14.5. The van der Waals surface area contributed by atoms with E-state index in [1.807, 2.05) is 49.9 Å². The molecule has 1 aromatic rings. The highest BCUT2D eigenvalue weighted by Gasteiger charge is 2.32. The minimum Gasteiger partial charge on any atom is -0.481 e. The van der Waals surface area contributed by atoms with E-state index in [1.54, 1.807) is 0 Å². The molecule has 0 aliphatic carbocycles. The number of nitrogens with zero attached hydrogens (tertiary/aromatic N) is 1. The highest BCUT2D eigenvalue weighted by Crippen LogP contribution is 2.21. The van der Waals surface area contributed by atoms with E-state index in [2.05, 4.69) is 0 Å². The Bertz CT molecular complexity index is 470. The number of piperidine rings is 1. The number of ether oxygens (including phenoxy) is 1. The summed E-state index contributed by atoms with van der Waals surface area (Å²) >= 11 is 0. The van der Waals surface area contributed by atoms with Crippen LogP contribution in [0.3, 0.4) is 0 Å². The van der Waals surface area contributed by atoms with Crippen LogP contribution in [0.2, 0.25) is 0 Å². The Morgan fingerprint density at radius 2 is 1.95 bits per heavy atom. The first-order valence-electron chi connectivity index (χ1n) is 7.78. The van der Waals surface area contributed by atoms with Crippen molar-refractivity contribution in [3.05, 3.63) is 29.8 Å². The summed E-state index contributed by atoms with van der Waals surface area (Å²) in [6, 6.07) is 7.91. The topological polar surface area (TPSA) is 55.6 Å². The maximum absolute atomic E-state index is 12.6. The molecule has 1 heterocycles. The zero-order valence-electron chi connectivity index (χ0n) is 13.2. The second kappa shape index (κ2) is 6.94. The number of likely N-dealkylation sites (tertiary alicyclic amines) is 1. The zero-order chi connectivity index (χ0) is 15.4. The molecule has 21 heavy (non-hydrogen) atoms. The van der Waals surface area contributed by atoms with Gasteiger partial charge in [-0.05, 0) is 52.2 Å². The van der Waals surface area contributed by atoms with Crippen molar-refractivity contribution in [2.24, 2.45) is 5.73 Å². The van der Waals surface area contributed by atoms with Gasteiger partial charge in [-0.2, -0.15) is 0 Å². The molecule has 2 N–H and O–H groups in total. The van der Waals surface area contributed by atoms with Crippen LogP contribution in [-0.4, -0.2) is 35.5 Å². The molecule has 116 valence electrons. The van der Waals surface area contributed by atoms with E-state index in [0.717, 1.165) is 31.6 Å². The molecular formula is C17H26N2O2. The first-order chi connectivity index (χ1) is 9.99. The molecule has 0 saturated carbocycles. The predicted molar refractivity (Wildman–Crippen MR) is 84.3 cm³/mol. The summed E-state index contributed by atoms with van der Waals surface area (Å²) in [6.45, 7) is 6.60. The Morgan fingerprint density at radius 3 is 2.57 bits per heavy atom. The average molecular weight is 290 g/mol. The Morgan fingerprint density at radius 1 is 1.29 bits per heavy atom. The lowest BCUT2D eigenvalue weighted by Crippen LogP contribution is -2.54. The van der Waals surface area contributed by atoms with Crippen LogP contribution >= 0.6 is 0 Å². The highest BCUT2D eigenvalue weighted by atomic mass is 16.5. The van der Waals surface area contributed by atoms with E-state index < -0.39 is 6.10 Å². The van der Waals surface area contributed by atoms with Crippen molar-refractivity contribution in [1.29, 1.82) is 0 Å². The molecule has 4 nitrogen and oxygen atoms in total.